The molecule has 1 heterocycles. The number of nitrogens with zero attached hydrogens (tertiary/aromatic N) is 1. The van der Waals surface area contributed by atoms with Crippen molar-refractivity contribution in [1.82, 2.24) is 4.98 Å². The molecular formula is C11H16BrNO2S. The van der Waals surface area contributed by atoms with Gasteiger partial charge in [-0.15, -0.1) is 0 Å². The molecule has 0 saturated heterocycles. The Hall–Kier alpha value is -0.420. The summed E-state index contributed by atoms with van der Waals surface area (Å²) in [7, 11) is -3.03. The standard InChI is InChI=1S/C11H16BrNO2S/c1-8(10-6-4-5-7-13-10)11(12)9(2)16(3,14)15/h4-9,11H,1-3H3. The zero-order chi connectivity index (χ0) is 12.3. The van der Waals surface area contributed by atoms with E-state index in [1.807, 2.05) is 25.1 Å². The highest BCUT2D eigenvalue weighted by Crippen LogP contribution is 2.28. The molecule has 0 aliphatic rings. The summed E-state index contributed by atoms with van der Waals surface area (Å²) in [5.74, 6) is 0.0610. The van der Waals surface area contributed by atoms with Crippen molar-refractivity contribution in [3.05, 3.63) is 30.1 Å². The first-order valence-electron chi connectivity index (χ1n) is 5.08. The van der Waals surface area contributed by atoms with Gasteiger partial charge in [0.1, 0.15) is 0 Å². The van der Waals surface area contributed by atoms with Crippen LogP contribution < -0.4 is 0 Å². The predicted molar refractivity (Wildman–Crippen MR) is 69.7 cm³/mol. The maximum atomic E-state index is 11.5. The van der Waals surface area contributed by atoms with Gasteiger partial charge in [0, 0.05) is 28.9 Å². The van der Waals surface area contributed by atoms with Crippen LogP contribution in [0.3, 0.4) is 0 Å². The third kappa shape index (κ3) is 3.28. The summed E-state index contributed by atoms with van der Waals surface area (Å²) in [5, 5.41) is -0.426. The van der Waals surface area contributed by atoms with Gasteiger partial charge in [0.2, 0.25) is 0 Å². The van der Waals surface area contributed by atoms with Gasteiger partial charge < -0.3 is 0 Å². The Morgan fingerprint density at radius 2 is 1.94 bits per heavy atom. The first-order chi connectivity index (χ1) is 7.34. The predicted octanol–water partition coefficient (Wildman–Crippen LogP) is 2.38. The van der Waals surface area contributed by atoms with Gasteiger partial charge in [0.05, 0.1) is 5.25 Å². The van der Waals surface area contributed by atoms with Crippen LogP contribution in [-0.2, 0) is 9.84 Å². The van der Waals surface area contributed by atoms with Crippen LogP contribution in [0.15, 0.2) is 24.4 Å². The van der Waals surface area contributed by atoms with Crippen LogP contribution in [-0.4, -0.2) is 29.7 Å². The van der Waals surface area contributed by atoms with Crippen molar-refractivity contribution in [1.29, 1.82) is 0 Å². The molecule has 1 rings (SSSR count). The molecule has 90 valence electrons. The van der Waals surface area contributed by atoms with E-state index < -0.39 is 15.1 Å². The molecule has 0 fully saturated rings. The minimum Gasteiger partial charge on any atom is -0.261 e. The van der Waals surface area contributed by atoms with Gasteiger partial charge in [-0.25, -0.2) is 8.42 Å². The Labute approximate surface area is 105 Å². The number of hydrogen-bond donors (Lipinski definition) is 0. The molecule has 16 heavy (non-hydrogen) atoms. The highest BCUT2D eigenvalue weighted by molar-refractivity contribution is 9.09. The quantitative estimate of drug-likeness (QED) is 0.802. The highest BCUT2D eigenvalue weighted by atomic mass is 79.9. The second kappa shape index (κ2) is 5.27. The third-order valence-corrected chi connectivity index (χ3v) is 6.34. The Bertz CT molecular complexity index is 433. The third-order valence-electron chi connectivity index (χ3n) is 2.76. The van der Waals surface area contributed by atoms with Crippen molar-refractivity contribution in [2.75, 3.05) is 6.26 Å². The van der Waals surface area contributed by atoms with Crippen LogP contribution in [0.1, 0.15) is 25.5 Å². The molecule has 1 aromatic rings. The highest BCUT2D eigenvalue weighted by Gasteiger charge is 2.29. The number of pyridine rings is 1. The summed E-state index contributed by atoms with van der Waals surface area (Å²) in [5.41, 5.74) is 0.903. The van der Waals surface area contributed by atoms with E-state index in [1.54, 1.807) is 13.1 Å². The van der Waals surface area contributed by atoms with Gasteiger partial charge in [-0.2, -0.15) is 0 Å². The molecule has 0 bridgehead atoms. The minimum atomic E-state index is -3.03. The van der Waals surface area contributed by atoms with Crippen LogP contribution in [0.4, 0.5) is 0 Å². The van der Waals surface area contributed by atoms with Crippen molar-refractivity contribution in [3.8, 4) is 0 Å². The van der Waals surface area contributed by atoms with Gasteiger partial charge in [-0.05, 0) is 19.1 Å². The lowest BCUT2D eigenvalue weighted by Gasteiger charge is -2.22. The van der Waals surface area contributed by atoms with Crippen molar-refractivity contribution < 1.29 is 8.42 Å². The molecule has 3 unspecified atom stereocenters. The molecule has 3 nitrogen and oxygen atoms in total. The fourth-order valence-corrected chi connectivity index (χ4v) is 3.61. The average Bonchev–Trinajstić information content (AvgIpc) is 2.26. The molecule has 0 saturated carbocycles. The van der Waals surface area contributed by atoms with Gasteiger partial charge >= 0.3 is 0 Å². The van der Waals surface area contributed by atoms with Crippen molar-refractivity contribution >= 4 is 25.8 Å². The first kappa shape index (κ1) is 13.6. The van der Waals surface area contributed by atoms with Crippen LogP contribution in [0.25, 0.3) is 0 Å². The smallest absolute Gasteiger partial charge is 0.151 e. The van der Waals surface area contributed by atoms with E-state index in [0.29, 0.717) is 0 Å². The number of aromatic nitrogens is 1. The largest absolute Gasteiger partial charge is 0.261 e. The number of rotatable bonds is 4. The second-order valence-electron chi connectivity index (χ2n) is 4.02. The van der Waals surface area contributed by atoms with E-state index in [1.165, 1.54) is 6.26 Å². The Morgan fingerprint density at radius 1 is 1.31 bits per heavy atom. The van der Waals surface area contributed by atoms with E-state index in [-0.39, 0.29) is 10.7 Å². The van der Waals surface area contributed by atoms with E-state index in [0.717, 1.165) is 5.69 Å². The summed E-state index contributed by atoms with van der Waals surface area (Å²) in [4.78, 5) is 4.11. The lowest BCUT2D eigenvalue weighted by atomic mass is 10.0. The minimum absolute atomic E-state index is 0.0610. The molecule has 3 atom stereocenters. The number of sulfone groups is 1. The molecule has 0 aliphatic heterocycles. The van der Waals surface area contributed by atoms with Crippen molar-refractivity contribution in [3.63, 3.8) is 0 Å². The first-order valence-corrected chi connectivity index (χ1v) is 7.95. The Morgan fingerprint density at radius 3 is 2.38 bits per heavy atom. The lowest BCUT2D eigenvalue weighted by Crippen LogP contribution is -2.30. The van der Waals surface area contributed by atoms with Crippen molar-refractivity contribution in [2.24, 2.45) is 0 Å². The molecule has 1 aromatic heterocycles. The molecule has 0 spiro atoms. The zero-order valence-electron chi connectivity index (χ0n) is 9.59. The molecule has 0 radical (unpaired) electrons. The zero-order valence-corrected chi connectivity index (χ0v) is 12.0. The summed E-state index contributed by atoms with van der Waals surface area (Å²) in [6.45, 7) is 3.69. The average molecular weight is 306 g/mol. The van der Waals surface area contributed by atoms with Crippen molar-refractivity contribution in [2.45, 2.75) is 29.8 Å². The van der Waals surface area contributed by atoms with Crippen LogP contribution >= 0.6 is 15.9 Å². The van der Waals surface area contributed by atoms with E-state index in [4.69, 9.17) is 0 Å². The van der Waals surface area contributed by atoms with Gasteiger partial charge in [-0.3, -0.25) is 4.98 Å². The van der Waals surface area contributed by atoms with Gasteiger partial charge in [-0.1, -0.05) is 28.9 Å². The Kier molecular flexibility index (Phi) is 4.50. The van der Waals surface area contributed by atoms with Gasteiger partial charge in [0.25, 0.3) is 0 Å². The van der Waals surface area contributed by atoms with Crippen LogP contribution in [0.2, 0.25) is 0 Å². The summed E-state index contributed by atoms with van der Waals surface area (Å²) >= 11 is 3.46. The maximum absolute atomic E-state index is 11.5. The topological polar surface area (TPSA) is 47.0 Å². The molecule has 5 heteroatoms. The molecular weight excluding hydrogens is 290 g/mol. The van der Waals surface area contributed by atoms with Crippen LogP contribution in [0, 0.1) is 0 Å². The monoisotopic (exact) mass is 305 g/mol. The summed E-state index contributed by atoms with van der Waals surface area (Å²) in [6, 6.07) is 5.66. The molecule has 0 amide bonds. The van der Waals surface area contributed by atoms with E-state index in [9.17, 15) is 8.42 Å². The number of alkyl halides is 1. The number of halogens is 1. The van der Waals surface area contributed by atoms with Crippen LogP contribution in [0.5, 0.6) is 0 Å². The molecule has 0 aromatic carbocycles. The molecule has 0 aliphatic carbocycles. The fourth-order valence-electron chi connectivity index (χ4n) is 1.45. The summed E-state index contributed by atoms with van der Waals surface area (Å²) in [6.07, 6.45) is 2.98. The van der Waals surface area contributed by atoms with E-state index >= 15 is 0 Å². The normalized spacial score (nSPS) is 17.8. The SMILES string of the molecule is CC(c1ccccn1)C(Br)C(C)S(C)(=O)=O. The van der Waals surface area contributed by atoms with E-state index in [2.05, 4.69) is 20.9 Å². The maximum Gasteiger partial charge on any atom is 0.151 e. The summed E-state index contributed by atoms with van der Waals surface area (Å²) < 4.78 is 22.9. The lowest BCUT2D eigenvalue weighted by molar-refractivity contribution is 0.575. The molecule has 0 N–H and O–H groups in total. The Balaban J connectivity index is 2.87. The van der Waals surface area contributed by atoms with Gasteiger partial charge in [0.15, 0.2) is 9.84 Å². The fraction of sp³-hybridized carbons (Fsp3) is 0.545. The second-order valence-corrected chi connectivity index (χ2v) is 7.48. The number of hydrogen-bond acceptors (Lipinski definition) is 3.